The van der Waals surface area contributed by atoms with Crippen molar-refractivity contribution in [2.75, 3.05) is 13.1 Å². The van der Waals surface area contributed by atoms with Crippen LogP contribution in [-0.2, 0) is 17.5 Å². The van der Waals surface area contributed by atoms with E-state index in [1.165, 1.54) is 6.92 Å². The average molecular weight is 435 g/mol. The number of carbonyl (C=O) groups is 1. The molecule has 1 fully saturated rings. The number of piperidine rings is 1. The van der Waals surface area contributed by atoms with Gasteiger partial charge >= 0.3 is 6.18 Å². The van der Waals surface area contributed by atoms with E-state index in [2.05, 4.69) is 15.1 Å². The molecule has 0 spiro atoms. The Kier molecular flexibility index (Phi) is 5.49. The Morgan fingerprint density at radius 1 is 1.35 bits per heavy atom. The van der Waals surface area contributed by atoms with Gasteiger partial charge in [0.2, 0.25) is 5.91 Å². The molecule has 3 aromatic rings. The van der Waals surface area contributed by atoms with Crippen LogP contribution in [0.1, 0.15) is 61.3 Å². The van der Waals surface area contributed by atoms with Gasteiger partial charge in [-0.2, -0.15) is 13.2 Å². The number of imidazole rings is 1. The third kappa shape index (κ3) is 4.15. The van der Waals surface area contributed by atoms with Crippen molar-refractivity contribution in [2.24, 2.45) is 0 Å². The van der Waals surface area contributed by atoms with Crippen molar-refractivity contribution in [1.82, 2.24) is 24.6 Å². The fourth-order valence-corrected chi connectivity index (χ4v) is 4.19. The van der Waals surface area contributed by atoms with E-state index in [-0.39, 0.29) is 46.8 Å². The van der Waals surface area contributed by atoms with E-state index >= 15 is 0 Å². The average Bonchev–Trinajstić information content (AvgIpc) is 3.33. The molecule has 10 heteroatoms. The summed E-state index contributed by atoms with van der Waals surface area (Å²) in [5.74, 6) is 0.613. The number of carbonyl (C=O) groups excluding carboxylic acids is 1. The van der Waals surface area contributed by atoms with Gasteiger partial charge in [0.1, 0.15) is 12.4 Å². The van der Waals surface area contributed by atoms with Crippen LogP contribution in [0.5, 0.6) is 0 Å². The lowest BCUT2D eigenvalue weighted by Gasteiger charge is -2.33. The third-order valence-electron chi connectivity index (χ3n) is 5.70. The quantitative estimate of drug-likeness (QED) is 0.612. The topological polar surface area (TPSA) is 77.0 Å². The van der Waals surface area contributed by atoms with Crippen LogP contribution in [0.3, 0.4) is 0 Å². The number of pyridine rings is 1. The number of hydrogen-bond donors (Lipinski definition) is 0. The second-order valence-corrected chi connectivity index (χ2v) is 8.29. The molecule has 31 heavy (non-hydrogen) atoms. The highest BCUT2D eigenvalue weighted by atomic mass is 19.4. The normalized spacial score (nSPS) is 17.6. The maximum absolute atomic E-state index is 13.7. The highest BCUT2D eigenvalue weighted by molar-refractivity contribution is 5.81. The number of likely N-dealkylation sites (tertiary alicyclic amines) is 1. The summed E-state index contributed by atoms with van der Waals surface area (Å²) in [6, 6.07) is 1.08. The summed E-state index contributed by atoms with van der Waals surface area (Å²) in [4.78, 5) is 23.2. The van der Waals surface area contributed by atoms with Crippen LogP contribution in [0.4, 0.5) is 13.2 Å². The van der Waals surface area contributed by atoms with Crippen molar-refractivity contribution in [3.8, 4) is 0 Å². The maximum Gasteiger partial charge on any atom is 0.417 e. The fourth-order valence-electron chi connectivity index (χ4n) is 4.19. The van der Waals surface area contributed by atoms with Gasteiger partial charge in [-0.15, -0.1) is 0 Å². The Balaban J connectivity index is 1.58. The van der Waals surface area contributed by atoms with Gasteiger partial charge in [0, 0.05) is 37.3 Å². The van der Waals surface area contributed by atoms with E-state index in [4.69, 9.17) is 4.52 Å². The van der Waals surface area contributed by atoms with Gasteiger partial charge in [0.25, 0.3) is 5.71 Å². The largest absolute Gasteiger partial charge is 0.417 e. The Hall–Kier alpha value is -2.91. The van der Waals surface area contributed by atoms with Crippen LogP contribution in [0, 0.1) is 6.92 Å². The van der Waals surface area contributed by atoms with Crippen LogP contribution in [0.25, 0.3) is 11.1 Å². The summed E-state index contributed by atoms with van der Waals surface area (Å²) in [6.07, 6.45) is 0.221. The number of aromatic nitrogens is 4. The third-order valence-corrected chi connectivity index (χ3v) is 5.70. The minimum atomic E-state index is -4.55. The second-order valence-electron chi connectivity index (χ2n) is 8.29. The number of amides is 1. The molecule has 0 aliphatic carbocycles. The standard InChI is InChI=1S/C21H24F3N5O2/c1-12(2)19-25-6-8-29(19)11-17(30)28-7-4-5-14(10-28)16-9-15(21(22,23)24)18-13(3)27-31-20(18)26-16/h6,8-9,12,14H,4-5,7,10-11H2,1-3H3/t14-/m1/s1. The number of hydrogen-bond acceptors (Lipinski definition) is 5. The Morgan fingerprint density at radius 2 is 2.13 bits per heavy atom. The van der Waals surface area contributed by atoms with E-state index in [0.717, 1.165) is 11.9 Å². The van der Waals surface area contributed by atoms with Gasteiger partial charge in [0.05, 0.1) is 22.3 Å². The summed E-state index contributed by atoms with van der Waals surface area (Å²) in [5, 5.41) is 3.54. The molecule has 1 atom stereocenters. The molecular formula is C21H24F3N5O2. The molecule has 1 saturated heterocycles. The minimum absolute atomic E-state index is 0.0859. The molecule has 1 aliphatic rings. The maximum atomic E-state index is 13.7. The van der Waals surface area contributed by atoms with Crippen LogP contribution in [0.15, 0.2) is 23.0 Å². The number of aryl methyl sites for hydroxylation is 1. The van der Waals surface area contributed by atoms with Gasteiger partial charge in [0.15, 0.2) is 0 Å². The number of nitrogens with zero attached hydrogens (tertiary/aromatic N) is 5. The van der Waals surface area contributed by atoms with Gasteiger partial charge in [-0.25, -0.2) is 9.97 Å². The molecule has 0 aromatic carbocycles. The molecule has 0 bridgehead atoms. The predicted octanol–water partition coefficient (Wildman–Crippen LogP) is 4.28. The lowest BCUT2D eigenvalue weighted by atomic mass is 9.92. The summed E-state index contributed by atoms with van der Waals surface area (Å²) < 4.78 is 47.9. The second kappa shape index (κ2) is 7.97. The predicted molar refractivity (Wildman–Crippen MR) is 106 cm³/mol. The highest BCUT2D eigenvalue weighted by Gasteiger charge is 2.37. The zero-order chi connectivity index (χ0) is 22.3. The van der Waals surface area contributed by atoms with Crippen molar-refractivity contribution < 1.29 is 22.5 Å². The van der Waals surface area contributed by atoms with Crippen molar-refractivity contribution in [3.05, 3.63) is 41.2 Å². The summed E-state index contributed by atoms with van der Waals surface area (Å²) >= 11 is 0. The zero-order valence-corrected chi connectivity index (χ0v) is 17.6. The first-order chi connectivity index (χ1) is 14.6. The van der Waals surface area contributed by atoms with Crippen molar-refractivity contribution >= 4 is 17.0 Å². The van der Waals surface area contributed by atoms with Gasteiger partial charge in [-0.05, 0) is 25.8 Å². The van der Waals surface area contributed by atoms with Crippen molar-refractivity contribution in [2.45, 2.75) is 58.2 Å². The Morgan fingerprint density at radius 3 is 2.84 bits per heavy atom. The van der Waals surface area contributed by atoms with Gasteiger partial charge in [-0.3, -0.25) is 4.79 Å². The molecule has 0 unspecified atom stereocenters. The van der Waals surface area contributed by atoms with Crippen LogP contribution in [-0.4, -0.2) is 43.6 Å². The molecule has 0 radical (unpaired) electrons. The summed E-state index contributed by atoms with van der Waals surface area (Å²) in [6.45, 7) is 6.51. The molecule has 0 saturated carbocycles. The molecule has 3 aromatic heterocycles. The first kappa shape index (κ1) is 21.3. The first-order valence-corrected chi connectivity index (χ1v) is 10.3. The van der Waals surface area contributed by atoms with Gasteiger partial charge in [-0.1, -0.05) is 19.0 Å². The van der Waals surface area contributed by atoms with E-state index in [0.29, 0.717) is 25.9 Å². The fraction of sp³-hybridized carbons (Fsp3) is 0.524. The van der Waals surface area contributed by atoms with E-state index in [1.54, 1.807) is 17.3 Å². The minimum Gasteiger partial charge on any atom is -0.340 e. The van der Waals surface area contributed by atoms with Crippen molar-refractivity contribution in [3.63, 3.8) is 0 Å². The smallest absolute Gasteiger partial charge is 0.340 e. The van der Waals surface area contributed by atoms with Crippen LogP contribution in [0.2, 0.25) is 0 Å². The number of alkyl halides is 3. The molecule has 0 N–H and O–H groups in total. The van der Waals surface area contributed by atoms with Gasteiger partial charge < -0.3 is 14.0 Å². The monoisotopic (exact) mass is 435 g/mol. The molecule has 1 amide bonds. The van der Waals surface area contributed by atoms with Crippen molar-refractivity contribution in [1.29, 1.82) is 0 Å². The Labute approximate surface area is 177 Å². The molecule has 7 nitrogen and oxygen atoms in total. The molecule has 166 valence electrons. The van der Waals surface area contributed by atoms with E-state index < -0.39 is 11.7 Å². The van der Waals surface area contributed by atoms with Crippen LogP contribution < -0.4 is 0 Å². The first-order valence-electron chi connectivity index (χ1n) is 10.3. The highest BCUT2D eigenvalue weighted by Crippen LogP contribution is 2.38. The number of fused-ring (bicyclic) bond motifs is 1. The SMILES string of the molecule is Cc1noc2nc([C@@H]3CCCN(C(=O)Cn4ccnc4C(C)C)C3)cc(C(F)(F)F)c12. The van der Waals surface area contributed by atoms with Crippen LogP contribution >= 0.6 is 0 Å². The molecule has 4 rings (SSSR count). The summed E-state index contributed by atoms with van der Waals surface area (Å²) in [7, 11) is 0. The lowest BCUT2D eigenvalue weighted by Crippen LogP contribution is -2.41. The molecule has 1 aliphatic heterocycles. The molecular weight excluding hydrogens is 411 g/mol. The molecule has 4 heterocycles. The van der Waals surface area contributed by atoms with E-state index in [1.807, 2.05) is 18.4 Å². The number of rotatable bonds is 4. The zero-order valence-electron chi connectivity index (χ0n) is 17.6. The van der Waals surface area contributed by atoms with E-state index in [9.17, 15) is 18.0 Å². The number of halogens is 3. The Bertz CT molecular complexity index is 1100. The lowest BCUT2D eigenvalue weighted by molar-refractivity contribution is -0.136. The summed E-state index contributed by atoms with van der Waals surface area (Å²) in [5.41, 5.74) is -0.484.